The molecule has 3 aromatic rings. The molecule has 1 unspecified atom stereocenters. The Morgan fingerprint density at radius 3 is 2.65 bits per heavy atom. The van der Waals surface area contributed by atoms with Gasteiger partial charge in [-0.2, -0.15) is 4.98 Å². The van der Waals surface area contributed by atoms with E-state index in [1.807, 2.05) is 54.8 Å². The van der Waals surface area contributed by atoms with Crippen molar-refractivity contribution in [1.82, 2.24) is 14.9 Å². The van der Waals surface area contributed by atoms with Crippen molar-refractivity contribution in [1.29, 1.82) is 0 Å². The summed E-state index contributed by atoms with van der Waals surface area (Å²) in [5.41, 5.74) is 2.99. The third kappa shape index (κ3) is 2.81. The van der Waals surface area contributed by atoms with Gasteiger partial charge in [-0.3, -0.25) is 9.36 Å². The van der Waals surface area contributed by atoms with E-state index in [1.54, 1.807) is 4.57 Å². The monoisotopic (exact) mass is 365 g/mol. The molecule has 26 heavy (non-hydrogen) atoms. The highest BCUT2D eigenvalue weighted by atomic mass is 32.2. The summed E-state index contributed by atoms with van der Waals surface area (Å²) in [6.45, 7) is 0.746. The molecule has 0 radical (unpaired) electrons. The van der Waals surface area contributed by atoms with E-state index < -0.39 is 0 Å². The lowest BCUT2D eigenvalue weighted by Crippen LogP contribution is -2.36. The van der Waals surface area contributed by atoms with E-state index in [0.717, 1.165) is 24.2 Å². The molecule has 2 heterocycles. The maximum absolute atomic E-state index is 13.4. The SMILES string of the molecule is CSc1nc(O)c(C2NCCc3ccccc32)c(=O)n1-c1ccccc1. The van der Waals surface area contributed by atoms with Crippen molar-refractivity contribution >= 4 is 11.8 Å². The van der Waals surface area contributed by atoms with E-state index >= 15 is 0 Å². The zero-order chi connectivity index (χ0) is 18.1. The fourth-order valence-electron chi connectivity index (χ4n) is 3.46. The summed E-state index contributed by atoms with van der Waals surface area (Å²) in [5.74, 6) is -0.208. The van der Waals surface area contributed by atoms with Crippen molar-refractivity contribution in [3.05, 3.63) is 81.6 Å². The lowest BCUT2D eigenvalue weighted by atomic mass is 9.91. The second-order valence-corrected chi connectivity index (χ2v) is 6.92. The molecule has 0 bridgehead atoms. The van der Waals surface area contributed by atoms with E-state index in [2.05, 4.69) is 16.4 Å². The topological polar surface area (TPSA) is 67.2 Å². The highest BCUT2D eigenvalue weighted by Crippen LogP contribution is 2.32. The summed E-state index contributed by atoms with van der Waals surface area (Å²) in [7, 11) is 0. The third-order valence-corrected chi connectivity index (χ3v) is 5.30. The molecule has 5 nitrogen and oxygen atoms in total. The molecule has 2 aromatic carbocycles. The summed E-state index contributed by atoms with van der Waals surface area (Å²) in [5, 5.41) is 14.4. The first-order valence-corrected chi connectivity index (χ1v) is 9.69. The largest absolute Gasteiger partial charge is 0.493 e. The van der Waals surface area contributed by atoms with E-state index in [4.69, 9.17) is 0 Å². The molecule has 1 aliphatic heterocycles. The molecular formula is C20H19N3O2S. The highest BCUT2D eigenvalue weighted by Gasteiger charge is 2.29. The summed E-state index contributed by atoms with van der Waals surface area (Å²) in [6, 6.07) is 17.1. The van der Waals surface area contributed by atoms with Crippen LogP contribution in [0.5, 0.6) is 5.88 Å². The average Bonchev–Trinajstić information content (AvgIpc) is 2.68. The van der Waals surface area contributed by atoms with Crippen molar-refractivity contribution in [2.45, 2.75) is 17.6 Å². The van der Waals surface area contributed by atoms with Crippen LogP contribution in [-0.2, 0) is 6.42 Å². The smallest absolute Gasteiger partial charge is 0.267 e. The lowest BCUT2D eigenvalue weighted by molar-refractivity contribution is 0.418. The number of hydrogen-bond donors (Lipinski definition) is 2. The number of nitrogens with zero attached hydrogens (tertiary/aromatic N) is 2. The average molecular weight is 365 g/mol. The Morgan fingerprint density at radius 2 is 1.88 bits per heavy atom. The Morgan fingerprint density at radius 1 is 1.15 bits per heavy atom. The summed E-state index contributed by atoms with van der Waals surface area (Å²) >= 11 is 1.33. The molecule has 0 saturated carbocycles. The second kappa shape index (κ2) is 6.97. The highest BCUT2D eigenvalue weighted by molar-refractivity contribution is 7.98. The van der Waals surface area contributed by atoms with Gasteiger partial charge in [0.05, 0.1) is 11.7 Å². The minimum atomic E-state index is -0.370. The van der Waals surface area contributed by atoms with E-state index in [9.17, 15) is 9.90 Å². The van der Waals surface area contributed by atoms with Crippen LogP contribution in [0.2, 0.25) is 0 Å². The standard InChI is InChI=1S/C20H19N3O2S/c1-26-20-22-18(24)16(19(25)23(20)14-8-3-2-4-9-14)17-15-10-6-5-7-13(15)11-12-21-17/h2-10,17,21,24H,11-12H2,1H3. The maximum Gasteiger partial charge on any atom is 0.267 e. The van der Waals surface area contributed by atoms with Crippen molar-refractivity contribution in [3.63, 3.8) is 0 Å². The number of aromatic nitrogens is 2. The number of nitrogens with one attached hydrogen (secondary N) is 1. The molecule has 132 valence electrons. The summed E-state index contributed by atoms with van der Waals surface area (Å²) in [6.07, 6.45) is 2.74. The first-order valence-electron chi connectivity index (χ1n) is 8.47. The molecule has 0 saturated heterocycles. The van der Waals surface area contributed by atoms with Crippen LogP contribution in [0.1, 0.15) is 22.7 Å². The minimum Gasteiger partial charge on any atom is -0.493 e. The van der Waals surface area contributed by atoms with E-state index in [1.165, 1.54) is 17.3 Å². The number of hydrogen-bond acceptors (Lipinski definition) is 5. The van der Waals surface area contributed by atoms with Crippen molar-refractivity contribution in [3.8, 4) is 11.6 Å². The van der Waals surface area contributed by atoms with Crippen LogP contribution in [-0.4, -0.2) is 27.5 Å². The van der Waals surface area contributed by atoms with E-state index in [-0.39, 0.29) is 17.5 Å². The van der Waals surface area contributed by atoms with Crippen LogP contribution >= 0.6 is 11.8 Å². The van der Waals surface area contributed by atoms with Crippen LogP contribution < -0.4 is 10.9 Å². The first-order chi connectivity index (χ1) is 12.7. The van der Waals surface area contributed by atoms with Gasteiger partial charge in [-0.25, -0.2) is 0 Å². The first kappa shape index (κ1) is 16.9. The molecule has 0 aliphatic carbocycles. The Balaban J connectivity index is 1.96. The summed E-state index contributed by atoms with van der Waals surface area (Å²) in [4.78, 5) is 17.7. The number of para-hydroxylation sites is 1. The minimum absolute atomic E-state index is 0.208. The molecular weight excluding hydrogens is 346 g/mol. The zero-order valence-electron chi connectivity index (χ0n) is 14.3. The molecule has 0 spiro atoms. The Hall–Kier alpha value is -2.57. The van der Waals surface area contributed by atoms with Crippen LogP contribution in [0.3, 0.4) is 0 Å². The fourth-order valence-corrected chi connectivity index (χ4v) is 4.01. The Kier molecular flexibility index (Phi) is 4.53. The van der Waals surface area contributed by atoms with Gasteiger partial charge in [0, 0.05) is 6.54 Å². The summed E-state index contributed by atoms with van der Waals surface area (Å²) < 4.78 is 1.57. The van der Waals surface area contributed by atoms with Crippen molar-refractivity contribution < 1.29 is 5.11 Å². The zero-order valence-corrected chi connectivity index (χ0v) is 15.2. The van der Waals surface area contributed by atoms with Gasteiger partial charge in [0.2, 0.25) is 5.88 Å². The lowest BCUT2D eigenvalue weighted by Gasteiger charge is -2.27. The molecule has 0 amide bonds. The normalized spacial score (nSPS) is 16.3. The molecule has 6 heteroatoms. The van der Waals surface area contributed by atoms with Gasteiger partial charge in [0.15, 0.2) is 5.16 Å². The van der Waals surface area contributed by atoms with Gasteiger partial charge in [0.25, 0.3) is 5.56 Å². The maximum atomic E-state index is 13.4. The van der Waals surface area contributed by atoms with E-state index in [0.29, 0.717) is 10.7 Å². The molecule has 2 N–H and O–H groups in total. The number of thioether (sulfide) groups is 1. The quantitative estimate of drug-likeness (QED) is 0.552. The third-order valence-electron chi connectivity index (χ3n) is 4.66. The number of rotatable bonds is 3. The van der Waals surface area contributed by atoms with Crippen molar-refractivity contribution in [2.24, 2.45) is 0 Å². The van der Waals surface area contributed by atoms with Crippen LogP contribution in [0, 0.1) is 0 Å². The van der Waals surface area contributed by atoms with Gasteiger partial charge in [-0.15, -0.1) is 0 Å². The molecule has 4 rings (SSSR count). The number of benzene rings is 2. The molecule has 1 aliphatic rings. The Labute approximate surface area is 155 Å². The van der Waals surface area contributed by atoms with Gasteiger partial charge >= 0.3 is 0 Å². The predicted octanol–water partition coefficient (Wildman–Crippen LogP) is 2.90. The van der Waals surface area contributed by atoms with Gasteiger partial charge < -0.3 is 10.4 Å². The van der Waals surface area contributed by atoms with Gasteiger partial charge in [-0.05, 0) is 35.9 Å². The Bertz CT molecular complexity index is 1000. The van der Waals surface area contributed by atoms with Crippen molar-refractivity contribution in [2.75, 3.05) is 12.8 Å². The van der Waals surface area contributed by atoms with Gasteiger partial charge in [0.1, 0.15) is 5.56 Å². The predicted molar refractivity (Wildman–Crippen MR) is 103 cm³/mol. The number of fused-ring (bicyclic) bond motifs is 1. The van der Waals surface area contributed by atoms with Crippen LogP contribution in [0.25, 0.3) is 5.69 Å². The molecule has 0 fully saturated rings. The fraction of sp³-hybridized carbons (Fsp3) is 0.200. The second-order valence-electron chi connectivity index (χ2n) is 6.15. The van der Waals surface area contributed by atoms with Crippen LogP contribution in [0.15, 0.2) is 64.5 Å². The number of aromatic hydroxyl groups is 1. The van der Waals surface area contributed by atoms with Gasteiger partial charge in [-0.1, -0.05) is 54.2 Å². The molecule has 1 atom stereocenters. The van der Waals surface area contributed by atoms with Crippen LogP contribution in [0.4, 0.5) is 0 Å². The molecule has 1 aromatic heterocycles.